The number of hydrogen-bond acceptors (Lipinski definition) is 4. The Labute approximate surface area is 137 Å². The van der Waals surface area contributed by atoms with Gasteiger partial charge in [-0.25, -0.2) is 0 Å². The van der Waals surface area contributed by atoms with Crippen molar-refractivity contribution in [3.8, 4) is 5.75 Å². The second-order valence-corrected chi connectivity index (χ2v) is 7.04. The van der Waals surface area contributed by atoms with Crippen LogP contribution in [0.2, 0.25) is 0 Å². The minimum atomic E-state index is -0.0832. The van der Waals surface area contributed by atoms with Crippen molar-refractivity contribution in [3.63, 3.8) is 0 Å². The number of likely N-dealkylation sites (tertiary alicyclic amines) is 1. The van der Waals surface area contributed by atoms with E-state index in [4.69, 9.17) is 4.74 Å². The molecule has 1 atom stereocenters. The number of amides is 1. The van der Waals surface area contributed by atoms with Crippen molar-refractivity contribution in [2.75, 3.05) is 33.3 Å². The maximum atomic E-state index is 12.1. The van der Waals surface area contributed by atoms with E-state index in [9.17, 15) is 4.79 Å². The summed E-state index contributed by atoms with van der Waals surface area (Å²) in [5, 5.41) is 2.95. The van der Waals surface area contributed by atoms with Gasteiger partial charge >= 0.3 is 0 Å². The molecule has 0 bridgehead atoms. The molecule has 0 aliphatic carbocycles. The number of carbonyl (C=O) groups is 1. The number of carbonyl (C=O) groups excluding carboxylic acids is 1. The van der Waals surface area contributed by atoms with Crippen molar-refractivity contribution in [1.82, 2.24) is 10.2 Å². The quantitative estimate of drug-likeness (QED) is 0.590. The van der Waals surface area contributed by atoms with Gasteiger partial charge in [-0.05, 0) is 70.1 Å². The molecule has 5 heteroatoms. The molecule has 1 fully saturated rings. The molecule has 1 heterocycles. The van der Waals surface area contributed by atoms with Crippen LogP contribution in [-0.2, 0) is 4.79 Å². The molecule has 4 nitrogen and oxygen atoms in total. The van der Waals surface area contributed by atoms with Gasteiger partial charge in [-0.3, -0.25) is 4.79 Å². The third-order valence-electron chi connectivity index (χ3n) is 3.89. The average molecular weight is 322 g/mol. The third-order valence-corrected chi connectivity index (χ3v) is 5.00. The summed E-state index contributed by atoms with van der Waals surface area (Å²) in [5.41, 5.74) is 0. The highest BCUT2D eigenvalue weighted by Gasteiger charge is 2.14. The van der Waals surface area contributed by atoms with Gasteiger partial charge in [-0.1, -0.05) is 0 Å². The smallest absolute Gasteiger partial charge is 0.233 e. The number of hydrogen-bond donors (Lipinski definition) is 1. The number of nitrogens with zero attached hydrogens (tertiary/aromatic N) is 1. The Kier molecular flexibility index (Phi) is 7.06. The van der Waals surface area contributed by atoms with E-state index in [1.807, 2.05) is 31.2 Å². The van der Waals surface area contributed by atoms with Gasteiger partial charge in [0.05, 0.1) is 12.4 Å². The van der Waals surface area contributed by atoms with E-state index in [-0.39, 0.29) is 11.2 Å². The standard InChI is InChI=1S/C17H26N2O2S/c1-14(22-16-8-6-15(21-2)7-9-16)17(20)18-10-5-13-19-11-3-4-12-19/h6-9,14H,3-5,10-13H2,1-2H3,(H,18,20)/t14-/m0/s1. The van der Waals surface area contributed by atoms with Crippen LogP contribution in [0.25, 0.3) is 0 Å². The van der Waals surface area contributed by atoms with Crippen LogP contribution < -0.4 is 10.1 Å². The number of thioether (sulfide) groups is 1. The molecule has 0 saturated carbocycles. The van der Waals surface area contributed by atoms with Gasteiger partial charge < -0.3 is 15.0 Å². The van der Waals surface area contributed by atoms with E-state index in [0.717, 1.165) is 30.2 Å². The fraction of sp³-hybridized carbons (Fsp3) is 0.588. The molecular formula is C17H26N2O2S. The van der Waals surface area contributed by atoms with Crippen LogP contribution in [0.5, 0.6) is 5.75 Å². The second-order valence-electron chi connectivity index (χ2n) is 5.63. The van der Waals surface area contributed by atoms with Gasteiger partial charge in [0.15, 0.2) is 0 Å². The van der Waals surface area contributed by atoms with E-state index in [2.05, 4.69) is 10.2 Å². The molecule has 122 valence electrons. The largest absolute Gasteiger partial charge is 0.497 e. The van der Waals surface area contributed by atoms with Crippen molar-refractivity contribution < 1.29 is 9.53 Å². The van der Waals surface area contributed by atoms with Crippen LogP contribution in [0.15, 0.2) is 29.2 Å². The Morgan fingerprint density at radius 3 is 2.64 bits per heavy atom. The summed E-state index contributed by atoms with van der Waals surface area (Å²) in [4.78, 5) is 15.7. The zero-order valence-electron chi connectivity index (χ0n) is 13.5. The molecule has 0 aromatic heterocycles. The molecule has 1 amide bonds. The van der Waals surface area contributed by atoms with Gasteiger partial charge in [-0.15, -0.1) is 11.8 Å². The molecular weight excluding hydrogens is 296 g/mol. The zero-order valence-corrected chi connectivity index (χ0v) is 14.3. The highest BCUT2D eigenvalue weighted by molar-refractivity contribution is 8.00. The van der Waals surface area contributed by atoms with Gasteiger partial charge in [-0.2, -0.15) is 0 Å². The molecule has 1 N–H and O–H groups in total. The van der Waals surface area contributed by atoms with E-state index >= 15 is 0 Å². The van der Waals surface area contributed by atoms with Crippen molar-refractivity contribution >= 4 is 17.7 Å². The summed E-state index contributed by atoms with van der Waals surface area (Å²) in [7, 11) is 1.65. The topological polar surface area (TPSA) is 41.6 Å². The minimum Gasteiger partial charge on any atom is -0.497 e. The summed E-state index contributed by atoms with van der Waals surface area (Å²) in [5.74, 6) is 0.950. The lowest BCUT2D eigenvalue weighted by Gasteiger charge is -2.15. The maximum Gasteiger partial charge on any atom is 0.233 e. The number of rotatable bonds is 8. The Bertz CT molecular complexity index is 458. The molecule has 1 saturated heterocycles. The Morgan fingerprint density at radius 1 is 1.32 bits per heavy atom. The summed E-state index contributed by atoms with van der Waals surface area (Å²) in [6.07, 6.45) is 3.68. The van der Waals surface area contributed by atoms with Crippen LogP contribution in [0.3, 0.4) is 0 Å². The average Bonchev–Trinajstić information content (AvgIpc) is 3.05. The van der Waals surface area contributed by atoms with E-state index in [1.54, 1.807) is 18.9 Å². The highest BCUT2D eigenvalue weighted by atomic mass is 32.2. The number of methoxy groups -OCH3 is 1. The van der Waals surface area contributed by atoms with E-state index < -0.39 is 0 Å². The Hall–Kier alpha value is -1.20. The fourth-order valence-corrected chi connectivity index (χ4v) is 3.47. The van der Waals surface area contributed by atoms with E-state index in [1.165, 1.54) is 25.9 Å². The lowest BCUT2D eigenvalue weighted by molar-refractivity contribution is -0.120. The molecule has 1 aromatic rings. The fourth-order valence-electron chi connectivity index (χ4n) is 2.58. The highest BCUT2D eigenvalue weighted by Crippen LogP contribution is 2.25. The van der Waals surface area contributed by atoms with Crippen molar-refractivity contribution in [1.29, 1.82) is 0 Å². The van der Waals surface area contributed by atoms with Crippen molar-refractivity contribution in [2.24, 2.45) is 0 Å². The van der Waals surface area contributed by atoms with Crippen LogP contribution in [-0.4, -0.2) is 49.3 Å². The molecule has 1 aromatic carbocycles. The zero-order chi connectivity index (χ0) is 15.8. The summed E-state index contributed by atoms with van der Waals surface area (Å²) >= 11 is 1.58. The number of nitrogens with one attached hydrogen (secondary N) is 1. The van der Waals surface area contributed by atoms with Crippen LogP contribution >= 0.6 is 11.8 Å². The predicted octanol–water partition coefficient (Wildman–Crippen LogP) is 2.78. The lowest BCUT2D eigenvalue weighted by atomic mass is 10.3. The van der Waals surface area contributed by atoms with Crippen molar-refractivity contribution in [3.05, 3.63) is 24.3 Å². The first kappa shape index (κ1) is 17.2. The van der Waals surface area contributed by atoms with Crippen LogP contribution in [0.4, 0.5) is 0 Å². The minimum absolute atomic E-state index is 0.0832. The number of ether oxygens (including phenoxy) is 1. The van der Waals surface area contributed by atoms with Crippen LogP contribution in [0, 0.1) is 0 Å². The molecule has 1 aliphatic heterocycles. The van der Waals surface area contributed by atoms with Crippen molar-refractivity contribution in [2.45, 2.75) is 36.3 Å². The first-order valence-electron chi connectivity index (χ1n) is 8.00. The monoisotopic (exact) mass is 322 g/mol. The van der Waals surface area contributed by atoms with Gasteiger partial charge in [0, 0.05) is 11.4 Å². The summed E-state index contributed by atoms with van der Waals surface area (Å²) < 4.78 is 5.14. The molecule has 0 radical (unpaired) electrons. The second kappa shape index (κ2) is 9.06. The first-order valence-corrected chi connectivity index (χ1v) is 8.88. The van der Waals surface area contributed by atoms with Crippen LogP contribution in [0.1, 0.15) is 26.2 Å². The first-order chi connectivity index (χ1) is 10.7. The third kappa shape index (κ3) is 5.54. The summed E-state index contributed by atoms with van der Waals surface area (Å²) in [6.45, 7) is 6.25. The maximum absolute atomic E-state index is 12.1. The lowest BCUT2D eigenvalue weighted by Crippen LogP contribution is -2.33. The van der Waals surface area contributed by atoms with Gasteiger partial charge in [0.1, 0.15) is 5.75 Å². The van der Waals surface area contributed by atoms with Gasteiger partial charge in [0.25, 0.3) is 0 Å². The molecule has 2 rings (SSSR count). The Morgan fingerprint density at radius 2 is 2.00 bits per heavy atom. The van der Waals surface area contributed by atoms with Gasteiger partial charge in [0.2, 0.25) is 5.91 Å². The molecule has 0 unspecified atom stereocenters. The molecule has 1 aliphatic rings. The molecule has 22 heavy (non-hydrogen) atoms. The molecule has 0 spiro atoms. The predicted molar refractivity (Wildman–Crippen MR) is 91.6 cm³/mol. The number of benzene rings is 1. The van der Waals surface area contributed by atoms with E-state index in [0.29, 0.717) is 0 Å². The SMILES string of the molecule is COc1ccc(S[C@@H](C)C(=O)NCCCN2CCCC2)cc1. The normalized spacial score (nSPS) is 16.5. The summed E-state index contributed by atoms with van der Waals surface area (Å²) in [6, 6.07) is 7.81. The Balaban J connectivity index is 1.65.